The molecule has 110 valence electrons. The molecule has 2 fully saturated rings. The minimum atomic E-state index is -3.37. The van der Waals surface area contributed by atoms with Crippen LogP contribution in [0.5, 0.6) is 0 Å². The third kappa shape index (κ3) is 2.18. The van der Waals surface area contributed by atoms with E-state index in [4.69, 9.17) is 5.73 Å². The SMILES string of the molecule is Cc1ccc(S(=O)(=O)N2CC3CCC(N)C3C2)cc1C. The van der Waals surface area contributed by atoms with E-state index in [1.165, 1.54) is 0 Å². The minimum absolute atomic E-state index is 0.167. The number of hydrogen-bond donors (Lipinski definition) is 1. The van der Waals surface area contributed by atoms with Crippen LogP contribution in [0.1, 0.15) is 24.0 Å². The van der Waals surface area contributed by atoms with Gasteiger partial charge < -0.3 is 5.73 Å². The topological polar surface area (TPSA) is 63.4 Å². The number of aryl methyl sites for hydroxylation is 2. The molecule has 1 saturated carbocycles. The lowest BCUT2D eigenvalue weighted by Gasteiger charge is -2.19. The summed E-state index contributed by atoms with van der Waals surface area (Å²) in [5, 5.41) is 0. The maximum atomic E-state index is 12.7. The number of hydrogen-bond acceptors (Lipinski definition) is 3. The summed E-state index contributed by atoms with van der Waals surface area (Å²) in [6, 6.07) is 5.54. The van der Waals surface area contributed by atoms with Crippen LogP contribution >= 0.6 is 0 Å². The zero-order chi connectivity index (χ0) is 14.5. The molecular weight excluding hydrogens is 272 g/mol. The first-order valence-corrected chi connectivity index (χ1v) is 8.66. The molecule has 3 unspecified atom stereocenters. The molecule has 0 spiro atoms. The Morgan fingerprint density at radius 2 is 1.90 bits per heavy atom. The Balaban J connectivity index is 1.88. The van der Waals surface area contributed by atoms with Gasteiger partial charge in [0.2, 0.25) is 10.0 Å². The van der Waals surface area contributed by atoms with Gasteiger partial charge in [0.15, 0.2) is 0 Å². The first kappa shape index (κ1) is 14.0. The van der Waals surface area contributed by atoms with Gasteiger partial charge in [-0.25, -0.2) is 8.42 Å². The van der Waals surface area contributed by atoms with Crippen molar-refractivity contribution >= 4 is 10.0 Å². The zero-order valence-corrected chi connectivity index (χ0v) is 12.9. The van der Waals surface area contributed by atoms with Crippen LogP contribution in [0.3, 0.4) is 0 Å². The highest BCUT2D eigenvalue weighted by molar-refractivity contribution is 7.89. The van der Waals surface area contributed by atoms with Crippen LogP contribution in [-0.4, -0.2) is 31.9 Å². The van der Waals surface area contributed by atoms with Gasteiger partial charge in [-0.15, -0.1) is 0 Å². The summed E-state index contributed by atoms with van der Waals surface area (Å²) in [4.78, 5) is 0.411. The number of nitrogens with zero attached hydrogens (tertiary/aromatic N) is 1. The predicted octanol–water partition coefficient (Wildman–Crippen LogP) is 1.66. The molecule has 2 N–H and O–H groups in total. The van der Waals surface area contributed by atoms with Gasteiger partial charge in [0.1, 0.15) is 0 Å². The fourth-order valence-corrected chi connectivity index (χ4v) is 5.11. The third-order valence-corrected chi connectivity index (χ3v) is 6.82. The molecule has 1 aromatic rings. The molecule has 1 saturated heterocycles. The van der Waals surface area contributed by atoms with Crippen molar-refractivity contribution in [1.29, 1.82) is 0 Å². The molecule has 0 radical (unpaired) electrons. The standard InChI is InChI=1S/C15H22N2O2S/c1-10-3-5-13(7-11(10)2)20(18,19)17-8-12-4-6-15(16)14(12)9-17/h3,5,7,12,14-15H,4,6,8-9,16H2,1-2H3. The highest BCUT2D eigenvalue weighted by Gasteiger charge is 2.45. The lowest BCUT2D eigenvalue weighted by molar-refractivity contribution is 0.427. The van der Waals surface area contributed by atoms with Crippen molar-refractivity contribution in [2.24, 2.45) is 17.6 Å². The van der Waals surface area contributed by atoms with Crippen LogP contribution in [0.15, 0.2) is 23.1 Å². The van der Waals surface area contributed by atoms with Gasteiger partial charge in [-0.05, 0) is 61.8 Å². The zero-order valence-electron chi connectivity index (χ0n) is 12.0. The smallest absolute Gasteiger partial charge is 0.243 e. The van der Waals surface area contributed by atoms with Crippen molar-refractivity contribution in [2.45, 2.75) is 37.6 Å². The molecule has 5 heteroatoms. The number of rotatable bonds is 2. The number of sulfonamides is 1. The van der Waals surface area contributed by atoms with E-state index in [0.717, 1.165) is 24.0 Å². The average molecular weight is 294 g/mol. The van der Waals surface area contributed by atoms with Gasteiger partial charge in [-0.2, -0.15) is 4.31 Å². The van der Waals surface area contributed by atoms with E-state index in [1.54, 1.807) is 16.4 Å². The molecule has 1 aromatic carbocycles. The number of benzene rings is 1. The first-order valence-electron chi connectivity index (χ1n) is 7.22. The molecule has 2 aliphatic rings. The Bertz CT molecular complexity index is 627. The van der Waals surface area contributed by atoms with Gasteiger partial charge in [0.25, 0.3) is 0 Å². The van der Waals surface area contributed by atoms with Crippen molar-refractivity contribution in [3.8, 4) is 0 Å². The summed E-state index contributed by atoms with van der Waals surface area (Å²) in [6.45, 7) is 5.16. The second-order valence-corrected chi connectivity index (χ2v) is 8.17. The summed E-state index contributed by atoms with van der Waals surface area (Å²) in [5.74, 6) is 0.794. The first-order chi connectivity index (χ1) is 9.39. The highest BCUT2D eigenvalue weighted by Crippen LogP contribution is 2.39. The van der Waals surface area contributed by atoms with E-state index in [1.807, 2.05) is 19.9 Å². The highest BCUT2D eigenvalue weighted by atomic mass is 32.2. The fourth-order valence-electron chi connectivity index (χ4n) is 3.49. The Kier molecular flexibility index (Phi) is 3.39. The van der Waals surface area contributed by atoms with Gasteiger partial charge in [0, 0.05) is 19.1 Å². The molecule has 1 aliphatic carbocycles. The van der Waals surface area contributed by atoms with Gasteiger partial charge >= 0.3 is 0 Å². The van der Waals surface area contributed by atoms with Gasteiger partial charge in [0.05, 0.1) is 4.90 Å². The molecule has 3 atom stereocenters. The Labute approximate surface area is 121 Å². The average Bonchev–Trinajstić information content (AvgIpc) is 2.96. The molecule has 1 heterocycles. The minimum Gasteiger partial charge on any atom is -0.327 e. The maximum Gasteiger partial charge on any atom is 0.243 e. The van der Waals surface area contributed by atoms with E-state index in [0.29, 0.717) is 29.8 Å². The van der Waals surface area contributed by atoms with E-state index in [9.17, 15) is 8.42 Å². The van der Waals surface area contributed by atoms with E-state index in [-0.39, 0.29) is 6.04 Å². The maximum absolute atomic E-state index is 12.7. The van der Waals surface area contributed by atoms with Gasteiger partial charge in [-0.3, -0.25) is 0 Å². The quantitative estimate of drug-likeness (QED) is 0.902. The van der Waals surface area contributed by atoms with Crippen LogP contribution in [-0.2, 0) is 10.0 Å². The van der Waals surface area contributed by atoms with Crippen molar-refractivity contribution in [3.63, 3.8) is 0 Å². The van der Waals surface area contributed by atoms with Crippen LogP contribution in [0, 0.1) is 25.7 Å². The van der Waals surface area contributed by atoms with Crippen LogP contribution < -0.4 is 5.73 Å². The van der Waals surface area contributed by atoms with Crippen molar-refractivity contribution in [2.75, 3.05) is 13.1 Å². The largest absolute Gasteiger partial charge is 0.327 e. The molecule has 20 heavy (non-hydrogen) atoms. The van der Waals surface area contributed by atoms with Crippen molar-refractivity contribution in [1.82, 2.24) is 4.31 Å². The Hall–Kier alpha value is -0.910. The summed E-state index contributed by atoms with van der Waals surface area (Å²) >= 11 is 0. The van der Waals surface area contributed by atoms with E-state index in [2.05, 4.69) is 0 Å². The van der Waals surface area contributed by atoms with Crippen LogP contribution in [0.2, 0.25) is 0 Å². The Morgan fingerprint density at radius 1 is 1.15 bits per heavy atom. The number of fused-ring (bicyclic) bond motifs is 1. The normalized spacial score (nSPS) is 30.6. The Morgan fingerprint density at radius 3 is 2.55 bits per heavy atom. The van der Waals surface area contributed by atoms with Crippen molar-refractivity contribution in [3.05, 3.63) is 29.3 Å². The molecule has 0 amide bonds. The molecule has 4 nitrogen and oxygen atoms in total. The molecule has 1 aliphatic heterocycles. The molecule has 0 aromatic heterocycles. The fraction of sp³-hybridized carbons (Fsp3) is 0.600. The van der Waals surface area contributed by atoms with Crippen molar-refractivity contribution < 1.29 is 8.42 Å². The second-order valence-electron chi connectivity index (χ2n) is 6.23. The molecule has 3 rings (SSSR count). The third-order valence-electron chi connectivity index (χ3n) is 4.99. The monoisotopic (exact) mass is 294 g/mol. The lowest BCUT2D eigenvalue weighted by atomic mass is 9.98. The van der Waals surface area contributed by atoms with Crippen LogP contribution in [0.25, 0.3) is 0 Å². The summed E-state index contributed by atoms with van der Waals surface area (Å²) < 4.78 is 27.1. The summed E-state index contributed by atoms with van der Waals surface area (Å²) in [7, 11) is -3.37. The summed E-state index contributed by atoms with van der Waals surface area (Å²) in [6.07, 6.45) is 2.09. The van der Waals surface area contributed by atoms with E-state index >= 15 is 0 Å². The molecular formula is C15H22N2O2S. The lowest BCUT2D eigenvalue weighted by Crippen LogP contribution is -2.33. The molecule has 0 bridgehead atoms. The summed E-state index contributed by atoms with van der Waals surface area (Å²) in [5.41, 5.74) is 8.22. The van der Waals surface area contributed by atoms with Crippen LogP contribution in [0.4, 0.5) is 0 Å². The second kappa shape index (κ2) is 4.83. The number of nitrogens with two attached hydrogens (primary N) is 1. The van der Waals surface area contributed by atoms with E-state index < -0.39 is 10.0 Å². The van der Waals surface area contributed by atoms with Gasteiger partial charge in [-0.1, -0.05) is 6.07 Å². The predicted molar refractivity (Wildman–Crippen MR) is 78.9 cm³/mol.